The van der Waals surface area contributed by atoms with Gasteiger partial charge in [-0.05, 0) is 134 Å². The maximum Gasteiger partial charge on any atom is 0.407 e. The van der Waals surface area contributed by atoms with Crippen LogP contribution in [0.25, 0.3) is 0 Å². The number of alkyl carbamates (subject to hydrolysis) is 1. The largest absolute Gasteiger partial charge is 0.466 e. The molecule has 7 unspecified atom stereocenters. The Morgan fingerprint density at radius 2 is 0.515 bits per heavy atom. The van der Waals surface area contributed by atoms with Gasteiger partial charge in [0.25, 0.3) is 0 Å². The van der Waals surface area contributed by atoms with Crippen LogP contribution < -0.4 is 42.5 Å². The van der Waals surface area contributed by atoms with E-state index in [0.29, 0.717) is 32.2 Å². The quantitative estimate of drug-likeness (QED) is 0.0246. The van der Waals surface area contributed by atoms with E-state index in [0.717, 1.165) is 0 Å². The van der Waals surface area contributed by atoms with E-state index in [4.69, 9.17) is 42.6 Å². The molecule has 552 valence electrons. The van der Waals surface area contributed by atoms with Gasteiger partial charge >= 0.3 is 53.8 Å². The Labute approximate surface area is 567 Å². The van der Waals surface area contributed by atoms with Gasteiger partial charge in [-0.25, -0.2) is 24.0 Å². The van der Waals surface area contributed by atoms with Crippen LogP contribution in [0.2, 0.25) is 0 Å². The molecule has 0 rings (SSSR count). The minimum absolute atomic E-state index is 0.00462. The summed E-state index contributed by atoms with van der Waals surface area (Å²) in [5.41, 5.74) is -0.689. The van der Waals surface area contributed by atoms with E-state index in [1.54, 1.807) is 48.5 Å². The third-order valence-electron chi connectivity index (χ3n) is 13.5. The van der Waals surface area contributed by atoms with Crippen LogP contribution in [-0.4, -0.2) is 202 Å². The van der Waals surface area contributed by atoms with E-state index in [1.165, 1.54) is 27.7 Å². The highest BCUT2D eigenvalue weighted by Crippen LogP contribution is 2.14. The molecule has 0 aliphatic carbocycles. The minimum Gasteiger partial charge on any atom is -0.466 e. The number of amides is 8. The highest BCUT2D eigenvalue weighted by atomic mass is 16.6. The first-order valence-electron chi connectivity index (χ1n) is 33.4. The van der Waals surface area contributed by atoms with Crippen LogP contribution in [0.1, 0.15) is 205 Å². The van der Waals surface area contributed by atoms with E-state index >= 15 is 0 Å². The molecule has 0 radical (unpaired) electrons. The number of unbranched alkanes of at least 4 members (excludes halogenated alkanes) is 4. The molecule has 0 aliphatic heterocycles. The van der Waals surface area contributed by atoms with E-state index < -0.39 is 182 Å². The van der Waals surface area contributed by atoms with Gasteiger partial charge < -0.3 is 85.2 Å². The maximum absolute atomic E-state index is 14.7. The second-order valence-electron chi connectivity index (χ2n) is 22.6. The van der Waals surface area contributed by atoms with Gasteiger partial charge in [0.05, 0.1) is 52.9 Å². The van der Waals surface area contributed by atoms with Crippen molar-refractivity contribution in [1.82, 2.24) is 42.5 Å². The van der Waals surface area contributed by atoms with Crippen LogP contribution in [0, 0.1) is 0 Å². The first-order chi connectivity index (χ1) is 46.0. The number of esters is 8. The van der Waals surface area contributed by atoms with Gasteiger partial charge in [0.2, 0.25) is 41.4 Å². The molecule has 0 aromatic heterocycles. The summed E-state index contributed by atoms with van der Waals surface area (Å²) >= 11 is 0. The third kappa shape index (κ3) is 42.5. The smallest absolute Gasteiger partial charge is 0.407 e. The monoisotopic (exact) mass is 1390 g/mol. The van der Waals surface area contributed by atoms with Crippen molar-refractivity contribution >= 4 is 95.2 Å². The van der Waals surface area contributed by atoms with Crippen molar-refractivity contribution in [3.63, 3.8) is 0 Å². The van der Waals surface area contributed by atoms with E-state index in [-0.39, 0.29) is 117 Å². The molecule has 0 fully saturated rings. The van der Waals surface area contributed by atoms with Crippen molar-refractivity contribution in [3.05, 3.63) is 0 Å². The number of carbonyl (C=O) groups is 16. The molecule has 0 bridgehead atoms. The predicted molar refractivity (Wildman–Crippen MR) is 343 cm³/mol. The van der Waals surface area contributed by atoms with Crippen LogP contribution in [0.5, 0.6) is 0 Å². The Morgan fingerprint density at radius 1 is 0.278 bits per heavy atom. The lowest BCUT2D eigenvalue weighted by molar-refractivity contribution is -0.150. The van der Waals surface area contributed by atoms with Gasteiger partial charge in [-0.15, -0.1) is 0 Å². The van der Waals surface area contributed by atoms with Gasteiger partial charge in [0.1, 0.15) is 47.9 Å². The highest BCUT2D eigenvalue weighted by Gasteiger charge is 2.35. The average Bonchev–Trinajstić information content (AvgIpc) is 0.915. The van der Waals surface area contributed by atoms with E-state index in [2.05, 4.69) is 42.5 Å². The predicted octanol–water partition coefficient (Wildman–Crippen LogP) is 2.21. The van der Waals surface area contributed by atoms with Gasteiger partial charge in [-0.1, -0.05) is 19.3 Å². The van der Waals surface area contributed by atoms with Crippen LogP contribution in [0.4, 0.5) is 4.79 Å². The zero-order valence-electron chi connectivity index (χ0n) is 58.3. The van der Waals surface area contributed by atoms with Crippen LogP contribution in [0.3, 0.4) is 0 Å². The summed E-state index contributed by atoms with van der Waals surface area (Å²) in [6.07, 6.45) is -4.23. The standard InChI is InChI=1S/C64H106N8O25/c1-12-89-52(77)36-29-44(59(84)93-16-5)68-50(75)34-27-42(57(82)71-46(61(86)95-18-7)31-38-54(79)91-14-3)67-49(74)33-26-41(66-48(73)25-23-21-20-22-24-40-65-63(88)97-64(9,10)11)56(81)70-43(58(83)72-47(62(87)96-19-8)32-39-55(80)92-15-4)28-35-51(76)69-45(60(85)94-17-6)30-37-53(78)90-13-2/h41-47H,12-40H2,1-11H3,(H,65,88)(H,66,73)(H,67,74)(H,68,75)(H,69,76)(H,70,81)(H,71,82)(H,72,83). The molecule has 0 aliphatic rings. The zero-order chi connectivity index (χ0) is 73.3. The van der Waals surface area contributed by atoms with Gasteiger partial charge in [0.15, 0.2) is 0 Å². The first kappa shape index (κ1) is 88.3. The minimum atomic E-state index is -1.78. The van der Waals surface area contributed by atoms with Crippen molar-refractivity contribution in [2.75, 3.05) is 59.4 Å². The van der Waals surface area contributed by atoms with Crippen LogP contribution >= 0.6 is 0 Å². The van der Waals surface area contributed by atoms with Gasteiger partial charge in [-0.3, -0.25) is 52.7 Å². The van der Waals surface area contributed by atoms with Crippen molar-refractivity contribution in [1.29, 1.82) is 0 Å². The molecule has 33 heteroatoms. The SMILES string of the molecule is CCOC(=O)CCC(NC(=O)CCC(NC(=O)CCC(NC(=O)CCCCCCCNC(=O)OC(C)(C)C)C(=O)NC(CCC(=O)NC(CCC(=O)OCC)C(=O)OCC)C(=O)NC(CCC(=O)OCC)C(=O)OCC)C(=O)NC(CCC(=O)OCC)C(=O)OCC)C(=O)OCC. The molecule has 33 nitrogen and oxygen atoms in total. The number of hydrogen-bond acceptors (Lipinski definition) is 25. The number of hydrogen-bond donors (Lipinski definition) is 8. The highest BCUT2D eigenvalue weighted by molar-refractivity contribution is 5.96. The lowest BCUT2D eigenvalue weighted by Gasteiger charge is -2.26. The maximum atomic E-state index is 14.7. The molecule has 97 heavy (non-hydrogen) atoms. The molecule has 0 spiro atoms. The van der Waals surface area contributed by atoms with Crippen molar-refractivity contribution < 1.29 is 119 Å². The van der Waals surface area contributed by atoms with Crippen molar-refractivity contribution in [2.24, 2.45) is 0 Å². The average molecular weight is 1390 g/mol. The molecule has 8 N–H and O–H groups in total. The Balaban J connectivity index is 7.53. The normalized spacial score (nSPS) is 13.0. The van der Waals surface area contributed by atoms with Crippen molar-refractivity contribution in [2.45, 2.75) is 252 Å². The summed E-state index contributed by atoms with van der Waals surface area (Å²) in [5, 5.41) is 20.0. The molecule has 0 saturated carbocycles. The van der Waals surface area contributed by atoms with Gasteiger partial charge in [0, 0.05) is 57.9 Å². The molecule has 0 saturated heterocycles. The summed E-state index contributed by atoms with van der Waals surface area (Å²) in [6, 6.07) is -10.9. The molecule has 8 amide bonds. The molecular formula is C64H106N8O25. The molecule has 0 aromatic carbocycles. The Hall–Kier alpha value is -8.68. The zero-order valence-corrected chi connectivity index (χ0v) is 58.3. The van der Waals surface area contributed by atoms with Crippen molar-refractivity contribution in [3.8, 4) is 0 Å². The number of carbonyl (C=O) groups excluding carboxylic acids is 16. The number of ether oxygens (including phenoxy) is 9. The molecule has 0 aromatic rings. The summed E-state index contributed by atoms with van der Waals surface area (Å²) in [7, 11) is 0. The Morgan fingerprint density at radius 3 is 0.814 bits per heavy atom. The summed E-state index contributed by atoms with van der Waals surface area (Å²) in [4.78, 5) is 212. The third-order valence-corrected chi connectivity index (χ3v) is 13.5. The Kier molecular flexibility index (Phi) is 47.0. The molecular weight excluding hydrogens is 1280 g/mol. The lowest BCUT2D eigenvalue weighted by atomic mass is 10.0. The fraction of sp³-hybridized carbons (Fsp3) is 0.750. The van der Waals surface area contributed by atoms with E-state index in [9.17, 15) is 76.7 Å². The second kappa shape index (κ2) is 51.6. The molecule has 7 atom stereocenters. The van der Waals surface area contributed by atoms with E-state index in [1.807, 2.05) is 0 Å². The fourth-order valence-corrected chi connectivity index (χ4v) is 8.91. The lowest BCUT2D eigenvalue weighted by Crippen LogP contribution is -2.56. The van der Waals surface area contributed by atoms with Gasteiger partial charge in [-0.2, -0.15) is 0 Å². The van der Waals surface area contributed by atoms with Crippen LogP contribution in [0.15, 0.2) is 0 Å². The fourth-order valence-electron chi connectivity index (χ4n) is 8.91. The second-order valence-corrected chi connectivity index (χ2v) is 22.6. The number of rotatable bonds is 51. The summed E-state index contributed by atoms with van der Waals surface area (Å²) < 4.78 is 45.6. The van der Waals surface area contributed by atoms with Crippen LogP contribution in [-0.2, 0) is 115 Å². The summed E-state index contributed by atoms with van der Waals surface area (Å²) in [6.45, 7) is 17.4. The topological polar surface area (TPSA) is 452 Å². The molecule has 0 heterocycles. The first-order valence-corrected chi connectivity index (χ1v) is 33.4. The summed E-state index contributed by atoms with van der Waals surface area (Å²) in [5.74, 6) is -13.2. The Bertz CT molecular complexity index is 2540. The number of nitrogens with one attached hydrogen (secondary N) is 8.